The smallest absolute Gasteiger partial charge is 0.252 e. The fourth-order valence-corrected chi connectivity index (χ4v) is 4.77. The number of amides is 1. The normalized spacial score (nSPS) is 13.0. The number of hydrogen-bond donors (Lipinski definition) is 4. The average Bonchev–Trinajstić information content (AvgIpc) is 3.32. The van der Waals surface area contributed by atoms with E-state index in [2.05, 4.69) is 61.7 Å². The number of hydrogen-bond acceptors (Lipinski definition) is 6. The Bertz CT molecular complexity index is 1180. The zero-order valence-electron chi connectivity index (χ0n) is 18.4. The molecule has 2 aromatic carbocycles. The minimum atomic E-state index is -0.154. The first-order chi connectivity index (χ1) is 15.9. The summed E-state index contributed by atoms with van der Waals surface area (Å²) < 4.78 is 4.22. The van der Waals surface area contributed by atoms with Crippen LogP contribution in [0, 0.1) is 6.92 Å². The van der Waals surface area contributed by atoms with Crippen LogP contribution in [0.4, 0.5) is 5.69 Å². The largest absolute Gasteiger partial charge is 0.403 e. The van der Waals surface area contributed by atoms with Crippen LogP contribution in [0.1, 0.15) is 39.3 Å². The third-order valence-electron chi connectivity index (χ3n) is 5.08. The van der Waals surface area contributed by atoms with Crippen molar-refractivity contribution >= 4 is 57.6 Å². The predicted octanol–water partition coefficient (Wildman–Crippen LogP) is 5.90. The van der Waals surface area contributed by atoms with Gasteiger partial charge in [0.2, 0.25) is 0 Å². The van der Waals surface area contributed by atoms with Gasteiger partial charge in [-0.15, -0.1) is 11.3 Å². The van der Waals surface area contributed by atoms with E-state index in [9.17, 15) is 4.79 Å². The van der Waals surface area contributed by atoms with Crippen molar-refractivity contribution in [2.45, 2.75) is 26.4 Å². The second kappa shape index (κ2) is 12.3. The van der Waals surface area contributed by atoms with Gasteiger partial charge in [-0.1, -0.05) is 24.3 Å². The standard InChI is InChI=1S/C24H27IN5OPS/c1-15-6-7-19(30-20(12-26)14-28-32-25)11-22(15)24(31)29-16(2)17-4-3-5-18(10-17)23-9-8-21(13-27)33-23/h3-12,14,16,30,32H,13,26-27H2,1-2H3,(H,29,31)/b20-12+,28-14+. The number of nitrogens with one attached hydrogen (secondary N) is 2. The third kappa shape index (κ3) is 6.86. The van der Waals surface area contributed by atoms with E-state index in [-0.39, 0.29) is 11.9 Å². The van der Waals surface area contributed by atoms with E-state index in [0.29, 0.717) is 24.2 Å². The van der Waals surface area contributed by atoms with Crippen LogP contribution in [0.15, 0.2) is 71.3 Å². The number of rotatable bonds is 9. The molecule has 0 aliphatic rings. The number of aryl methyl sites for hydroxylation is 1. The number of carbonyl (C=O) groups is 1. The van der Waals surface area contributed by atoms with Crippen molar-refractivity contribution < 1.29 is 4.79 Å². The van der Waals surface area contributed by atoms with E-state index in [1.165, 1.54) is 11.1 Å². The molecule has 1 amide bonds. The van der Waals surface area contributed by atoms with E-state index in [4.69, 9.17) is 11.5 Å². The zero-order valence-corrected chi connectivity index (χ0v) is 22.4. The molecule has 3 aromatic rings. The summed E-state index contributed by atoms with van der Waals surface area (Å²) in [6.45, 7) is 4.46. The SMILES string of the molecule is Cc1ccc(NC(/C=N/PI)=C/N)cc1C(=O)NC(C)c1cccc(-c2ccc(CN)s2)c1. The molecule has 6 nitrogen and oxygen atoms in total. The average molecular weight is 591 g/mol. The molecule has 0 aliphatic heterocycles. The van der Waals surface area contributed by atoms with Gasteiger partial charge >= 0.3 is 0 Å². The predicted molar refractivity (Wildman–Crippen MR) is 151 cm³/mol. The number of nitrogens with two attached hydrogens (primary N) is 2. The van der Waals surface area contributed by atoms with Crippen molar-refractivity contribution in [3.63, 3.8) is 0 Å². The Kier molecular flexibility index (Phi) is 9.43. The molecule has 1 heterocycles. The van der Waals surface area contributed by atoms with Gasteiger partial charge in [0, 0.05) is 33.7 Å². The van der Waals surface area contributed by atoms with Crippen molar-refractivity contribution in [2.24, 2.45) is 16.2 Å². The van der Waals surface area contributed by atoms with E-state index in [0.717, 1.165) is 27.3 Å². The zero-order chi connectivity index (χ0) is 23.8. The van der Waals surface area contributed by atoms with Gasteiger partial charge in [-0.25, -0.2) is 0 Å². The van der Waals surface area contributed by atoms with E-state index in [1.807, 2.05) is 44.2 Å². The van der Waals surface area contributed by atoms with Gasteiger partial charge in [0.25, 0.3) is 5.91 Å². The monoisotopic (exact) mass is 591 g/mol. The lowest BCUT2D eigenvalue weighted by atomic mass is 10.0. The highest BCUT2D eigenvalue weighted by atomic mass is 127. The highest BCUT2D eigenvalue weighted by Gasteiger charge is 2.15. The lowest BCUT2D eigenvalue weighted by Crippen LogP contribution is -2.27. The maximum Gasteiger partial charge on any atom is 0.252 e. The number of anilines is 1. The summed E-state index contributed by atoms with van der Waals surface area (Å²) >= 11 is 3.88. The van der Waals surface area contributed by atoms with Gasteiger partial charge in [-0.3, -0.25) is 9.56 Å². The molecule has 172 valence electrons. The molecular weight excluding hydrogens is 564 g/mol. The molecule has 2 atom stereocenters. The topological polar surface area (TPSA) is 106 Å². The molecule has 2 unspecified atom stereocenters. The Morgan fingerprint density at radius 3 is 2.76 bits per heavy atom. The lowest BCUT2D eigenvalue weighted by molar-refractivity contribution is 0.0939. The number of benzene rings is 2. The first-order valence-electron chi connectivity index (χ1n) is 10.3. The number of carbonyl (C=O) groups excluding carboxylic acids is 1. The van der Waals surface area contributed by atoms with Crippen molar-refractivity contribution in [2.75, 3.05) is 5.32 Å². The summed E-state index contributed by atoms with van der Waals surface area (Å²) in [5.74, 6) is -0.128. The Morgan fingerprint density at radius 2 is 2.06 bits per heavy atom. The second-order valence-corrected chi connectivity index (χ2v) is 10.5. The molecule has 0 aliphatic carbocycles. The molecule has 0 spiro atoms. The molecule has 0 saturated carbocycles. The summed E-state index contributed by atoms with van der Waals surface area (Å²) in [7, 11) is 0. The fraction of sp³-hybridized carbons (Fsp3) is 0.167. The summed E-state index contributed by atoms with van der Waals surface area (Å²) in [6.07, 6.45) is 3.56. The van der Waals surface area contributed by atoms with Crippen LogP contribution in [-0.4, -0.2) is 12.1 Å². The van der Waals surface area contributed by atoms with Gasteiger partial charge in [-0.05, 0) is 82.9 Å². The maximum atomic E-state index is 13.1. The van der Waals surface area contributed by atoms with Gasteiger partial charge in [-0.2, -0.15) is 0 Å². The fourth-order valence-electron chi connectivity index (χ4n) is 3.28. The summed E-state index contributed by atoms with van der Waals surface area (Å²) in [5, 5.41) is 6.33. The van der Waals surface area contributed by atoms with Gasteiger partial charge in [0.05, 0.1) is 24.3 Å². The van der Waals surface area contributed by atoms with Crippen molar-refractivity contribution in [1.82, 2.24) is 5.32 Å². The van der Waals surface area contributed by atoms with Gasteiger partial charge in [0.1, 0.15) is 0 Å². The van der Waals surface area contributed by atoms with Crippen molar-refractivity contribution in [3.8, 4) is 10.4 Å². The van der Waals surface area contributed by atoms with Gasteiger partial charge in [0.15, 0.2) is 0 Å². The van der Waals surface area contributed by atoms with Crippen LogP contribution >= 0.6 is 39.8 Å². The highest BCUT2D eigenvalue weighted by molar-refractivity contribution is 14.2. The van der Waals surface area contributed by atoms with Crippen LogP contribution in [0.25, 0.3) is 10.4 Å². The third-order valence-corrected chi connectivity index (χ3v) is 7.30. The Hall–Kier alpha value is -2.26. The van der Waals surface area contributed by atoms with Gasteiger partial charge < -0.3 is 22.1 Å². The van der Waals surface area contributed by atoms with E-state index in [1.54, 1.807) is 17.6 Å². The molecule has 0 saturated heterocycles. The van der Waals surface area contributed by atoms with Crippen molar-refractivity contribution in [1.29, 1.82) is 0 Å². The molecule has 1 aromatic heterocycles. The maximum absolute atomic E-state index is 13.1. The minimum Gasteiger partial charge on any atom is -0.403 e. The molecule has 0 fully saturated rings. The quantitative estimate of drug-likeness (QED) is 0.141. The number of thiophene rings is 1. The molecule has 0 radical (unpaired) electrons. The number of nitrogens with zero attached hydrogens (tertiary/aromatic N) is 1. The summed E-state index contributed by atoms with van der Waals surface area (Å²) in [6, 6.07) is 17.9. The Balaban J connectivity index is 1.75. The van der Waals surface area contributed by atoms with E-state index < -0.39 is 0 Å². The molecule has 6 N–H and O–H groups in total. The van der Waals surface area contributed by atoms with Crippen LogP contribution in [0.5, 0.6) is 0 Å². The lowest BCUT2D eigenvalue weighted by Gasteiger charge is -2.17. The first-order valence-corrected chi connectivity index (χ1v) is 15.2. The van der Waals surface area contributed by atoms with Crippen LogP contribution < -0.4 is 22.1 Å². The molecule has 3 rings (SSSR count). The Morgan fingerprint density at radius 1 is 1.24 bits per heavy atom. The molecular formula is C24H27IN5OPS. The first kappa shape index (κ1) is 25.4. The summed E-state index contributed by atoms with van der Waals surface area (Å²) in [5.41, 5.74) is 16.5. The summed E-state index contributed by atoms with van der Waals surface area (Å²) in [4.78, 5) is 15.4. The van der Waals surface area contributed by atoms with Crippen LogP contribution in [-0.2, 0) is 6.54 Å². The molecule has 9 heteroatoms. The van der Waals surface area contributed by atoms with Crippen molar-refractivity contribution in [3.05, 3.63) is 88.1 Å². The minimum absolute atomic E-state index is 0.128. The number of allylic oxidation sites excluding steroid dienone is 1. The molecule has 33 heavy (non-hydrogen) atoms. The Labute approximate surface area is 213 Å². The second-order valence-electron chi connectivity index (χ2n) is 7.41. The molecule has 0 bridgehead atoms. The van der Waals surface area contributed by atoms with Crippen LogP contribution in [0.2, 0.25) is 0 Å². The number of halogens is 1. The van der Waals surface area contributed by atoms with E-state index >= 15 is 0 Å². The van der Waals surface area contributed by atoms with Crippen LogP contribution in [0.3, 0.4) is 0 Å². The highest BCUT2D eigenvalue weighted by Crippen LogP contribution is 2.30.